The van der Waals surface area contributed by atoms with Crippen molar-refractivity contribution in [3.8, 4) is 5.75 Å². The quantitative estimate of drug-likeness (QED) is 0.705. The van der Waals surface area contributed by atoms with Crippen LogP contribution in [0.5, 0.6) is 5.75 Å². The molecule has 4 nitrogen and oxygen atoms in total. The zero-order chi connectivity index (χ0) is 17.8. The van der Waals surface area contributed by atoms with E-state index in [1.807, 2.05) is 30.3 Å². The first kappa shape index (κ1) is 17.3. The summed E-state index contributed by atoms with van der Waals surface area (Å²) in [6, 6.07) is 16.3. The topological polar surface area (TPSA) is 46.6 Å². The zero-order valence-corrected chi connectivity index (χ0v) is 14.9. The molecule has 2 amide bonds. The van der Waals surface area contributed by atoms with E-state index in [9.17, 15) is 9.59 Å². The molecule has 126 valence electrons. The van der Waals surface area contributed by atoms with Crippen molar-refractivity contribution < 1.29 is 14.3 Å². The fourth-order valence-corrected chi connectivity index (χ4v) is 3.45. The van der Waals surface area contributed by atoms with Gasteiger partial charge in [0.2, 0.25) is 0 Å². The van der Waals surface area contributed by atoms with E-state index in [-0.39, 0.29) is 10.1 Å². The molecular formula is C19H14ClNO3S. The van der Waals surface area contributed by atoms with Crippen LogP contribution < -0.4 is 9.64 Å². The first-order chi connectivity index (χ1) is 12.1. The Kier molecular flexibility index (Phi) is 5.26. The molecule has 1 heterocycles. The van der Waals surface area contributed by atoms with E-state index in [1.165, 1.54) is 13.2 Å². The SMILES string of the molecule is COc1cccc(N2C(=O)S/C(=C\C(Cl)=C\c3ccccc3)C2=O)c1. The first-order valence-corrected chi connectivity index (χ1v) is 8.62. The number of halogens is 1. The third kappa shape index (κ3) is 3.95. The summed E-state index contributed by atoms with van der Waals surface area (Å²) < 4.78 is 5.14. The lowest BCUT2D eigenvalue weighted by atomic mass is 10.2. The van der Waals surface area contributed by atoms with Crippen molar-refractivity contribution in [3.05, 3.63) is 76.2 Å². The van der Waals surface area contributed by atoms with E-state index in [4.69, 9.17) is 16.3 Å². The number of imide groups is 1. The molecule has 0 radical (unpaired) electrons. The minimum Gasteiger partial charge on any atom is -0.497 e. The van der Waals surface area contributed by atoms with Crippen molar-refractivity contribution in [2.45, 2.75) is 0 Å². The molecule has 0 spiro atoms. The van der Waals surface area contributed by atoms with Gasteiger partial charge in [0.05, 0.1) is 17.7 Å². The lowest BCUT2D eigenvalue weighted by Crippen LogP contribution is -2.27. The highest BCUT2D eigenvalue weighted by Crippen LogP contribution is 2.36. The molecule has 1 aliphatic heterocycles. The fourth-order valence-electron chi connectivity index (χ4n) is 2.32. The van der Waals surface area contributed by atoms with Crippen molar-refractivity contribution >= 4 is 46.3 Å². The predicted octanol–water partition coefficient (Wildman–Crippen LogP) is 5.06. The Bertz CT molecular complexity index is 877. The summed E-state index contributed by atoms with van der Waals surface area (Å²) in [4.78, 5) is 26.3. The van der Waals surface area contributed by atoms with E-state index in [0.29, 0.717) is 16.5 Å². The number of nitrogens with zero attached hydrogens (tertiary/aromatic N) is 1. The molecule has 1 fully saturated rings. The van der Waals surface area contributed by atoms with Gasteiger partial charge in [-0.1, -0.05) is 48.0 Å². The van der Waals surface area contributed by atoms with Gasteiger partial charge in [0, 0.05) is 11.1 Å². The Hall–Kier alpha value is -2.50. The summed E-state index contributed by atoms with van der Waals surface area (Å²) in [7, 11) is 1.53. The lowest BCUT2D eigenvalue weighted by molar-refractivity contribution is -0.113. The summed E-state index contributed by atoms with van der Waals surface area (Å²) in [6.45, 7) is 0. The van der Waals surface area contributed by atoms with Gasteiger partial charge < -0.3 is 4.74 Å². The number of hydrogen-bond donors (Lipinski definition) is 0. The van der Waals surface area contributed by atoms with Crippen molar-refractivity contribution in [3.63, 3.8) is 0 Å². The summed E-state index contributed by atoms with van der Waals surface area (Å²) >= 11 is 7.08. The zero-order valence-electron chi connectivity index (χ0n) is 13.3. The third-order valence-electron chi connectivity index (χ3n) is 3.48. The number of benzene rings is 2. The largest absolute Gasteiger partial charge is 0.497 e. The number of methoxy groups -OCH3 is 1. The minimum atomic E-state index is -0.400. The van der Waals surface area contributed by atoms with Gasteiger partial charge in [0.25, 0.3) is 11.1 Å². The Morgan fingerprint density at radius 3 is 2.60 bits per heavy atom. The number of thioether (sulfide) groups is 1. The van der Waals surface area contributed by atoms with Gasteiger partial charge in [-0.05, 0) is 41.6 Å². The van der Waals surface area contributed by atoms with Crippen LogP contribution in [0.3, 0.4) is 0 Å². The first-order valence-electron chi connectivity index (χ1n) is 7.43. The normalized spacial score (nSPS) is 16.6. The lowest BCUT2D eigenvalue weighted by Gasteiger charge is -2.13. The van der Waals surface area contributed by atoms with E-state index in [1.54, 1.807) is 30.3 Å². The average molecular weight is 372 g/mol. The number of anilines is 1. The smallest absolute Gasteiger partial charge is 0.298 e. The maximum absolute atomic E-state index is 12.6. The monoisotopic (exact) mass is 371 g/mol. The molecule has 2 aromatic carbocycles. The predicted molar refractivity (Wildman–Crippen MR) is 102 cm³/mol. The number of allylic oxidation sites excluding steroid dienone is 2. The molecule has 0 N–H and O–H groups in total. The number of carbonyl (C=O) groups excluding carboxylic acids is 2. The molecule has 6 heteroatoms. The number of rotatable bonds is 4. The number of hydrogen-bond acceptors (Lipinski definition) is 4. The van der Waals surface area contributed by atoms with Crippen molar-refractivity contribution in [2.75, 3.05) is 12.0 Å². The van der Waals surface area contributed by atoms with Crippen LogP contribution in [-0.2, 0) is 4.79 Å². The van der Waals surface area contributed by atoms with Gasteiger partial charge in [-0.2, -0.15) is 0 Å². The second-order valence-electron chi connectivity index (χ2n) is 5.16. The van der Waals surface area contributed by atoms with Crippen LogP contribution in [0.1, 0.15) is 5.56 Å². The van der Waals surface area contributed by atoms with Crippen LogP contribution >= 0.6 is 23.4 Å². The molecule has 0 saturated carbocycles. The molecule has 1 saturated heterocycles. The Labute approximate surface area is 154 Å². The molecule has 0 atom stereocenters. The van der Waals surface area contributed by atoms with E-state index in [0.717, 1.165) is 22.2 Å². The third-order valence-corrected chi connectivity index (χ3v) is 4.57. The number of carbonyl (C=O) groups is 2. The molecule has 0 aromatic heterocycles. The highest BCUT2D eigenvalue weighted by atomic mass is 35.5. The number of amides is 2. The van der Waals surface area contributed by atoms with Crippen LogP contribution in [0, 0.1) is 0 Å². The summed E-state index contributed by atoms with van der Waals surface area (Å²) in [5.41, 5.74) is 1.38. The second kappa shape index (κ2) is 7.59. The van der Waals surface area contributed by atoms with Crippen LogP contribution in [0.25, 0.3) is 6.08 Å². The molecule has 3 rings (SSSR count). The van der Waals surface area contributed by atoms with Gasteiger partial charge in [0.15, 0.2) is 0 Å². The van der Waals surface area contributed by atoms with Crippen LogP contribution in [-0.4, -0.2) is 18.3 Å². The van der Waals surface area contributed by atoms with Crippen LogP contribution in [0.2, 0.25) is 0 Å². The average Bonchev–Trinajstić information content (AvgIpc) is 2.89. The molecule has 25 heavy (non-hydrogen) atoms. The molecule has 0 unspecified atom stereocenters. The van der Waals surface area contributed by atoms with Gasteiger partial charge in [-0.25, -0.2) is 4.90 Å². The number of ether oxygens (including phenoxy) is 1. The van der Waals surface area contributed by atoms with E-state index >= 15 is 0 Å². The minimum absolute atomic E-state index is 0.282. The summed E-state index contributed by atoms with van der Waals surface area (Å²) in [5.74, 6) is 0.172. The molecular weight excluding hydrogens is 358 g/mol. The van der Waals surface area contributed by atoms with E-state index < -0.39 is 5.91 Å². The molecule has 1 aliphatic rings. The van der Waals surface area contributed by atoms with Crippen molar-refractivity contribution in [1.29, 1.82) is 0 Å². The Morgan fingerprint density at radius 2 is 1.88 bits per heavy atom. The maximum atomic E-state index is 12.6. The van der Waals surface area contributed by atoms with Gasteiger partial charge in [-0.15, -0.1) is 0 Å². The molecule has 0 aliphatic carbocycles. The van der Waals surface area contributed by atoms with Crippen LogP contribution in [0.4, 0.5) is 10.5 Å². The summed E-state index contributed by atoms with van der Waals surface area (Å²) in [5, 5.41) is 0.0102. The summed E-state index contributed by atoms with van der Waals surface area (Å²) in [6.07, 6.45) is 3.25. The Balaban J connectivity index is 1.86. The highest BCUT2D eigenvalue weighted by molar-refractivity contribution is 8.18. The van der Waals surface area contributed by atoms with Gasteiger partial charge in [-0.3, -0.25) is 9.59 Å². The molecule has 2 aromatic rings. The van der Waals surface area contributed by atoms with Gasteiger partial charge in [0.1, 0.15) is 5.75 Å². The van der Waals surface area contributed by atoms with Crippen molar-refractivity contribution in [1.82, 2.24) is 0 Å². The second-order valence-corrected chi connectivity index (χ2v) is 6.59. The molecule has 0 bridgehead atoms. The van der Waals surface area contributed by atoms with Gasteiger partial charge >= 0.3 is 0 Å². The van der Waals surface area contributed by atoms with Crippen LogP contribution in [0.15, 0.2) is 70.6 Å². The highest BCUT2D eigenvalue weighted by Gasteiger charge is 2.36. The fraction of sp³-hybridized carbons (Fsp3) is 0.0526. The van der Waals surface area contributed by atoms with Crippen molar-refractivity contribution in [2.24, 2.45) is 0 Å². The van der Waals surface area contributed by atoms with E-state index in [2.05, 4.69) is 0 Å². The standard InChI is InChI=1S/C19H14ClNO3S/c1-24-16-9-5-8-15(12-16)21-18(22)17(25-19(21)23)11-14(20)10-13-6-3-2-4-7-13/h2-12H,1H3/b14-10-,17-11-. The maximum Gasteiger partial charge on any atom is 0.298 e. The Morgan fingerprint density at radius 1 is 1.12 bits per heavy atom.